The number of halogens is 1. The van der Waals surface area contributed by atoms with Crippen molar-refractivity contribution in [3.63, 3.8) is 0 Å². The molecule has 0 aromatic heterocycles. The Bertz CT molecular complexity index is 628. The minimum absolute atomic E-state index is 0.0419. The van der Waals surface area contributed by atoms with Gasteiger partial charge < -0.3 is 10.1 Å². The van der Waals surface area contributed by atoms with Gasteiger partial charge in [0.2, 0.25) is 0 Å². The van der Waals surface area contributed by atoms with E-state index in [1.807, 2.05) is 6.92 Å². The van der Waals surface area contributed by atoms with Crippen LogP contribution < -0.4 is 5.32 Å². The predicted molar refractivity (Wildman–Crippen MR) is 82.4 cm³/mol. The van der Waals surface area contributed by atoms with Crippen molar-refractivity contribution in [1.82, 2.24) is 5.32 Å². The maximum Gasteiger partial charge on any atom is 0.261 e. The van der Waals surface area contributed by atoms with Gasteiger partial charge in [-0.3, -0.25) is 4.79 Å². The lowest BCUT2D eigenvalue weighted by Crippen LogP contribution is -2.37. The Morgan fingerprint density at radius 1 is 1.33 bits per heavy atom. The lowest BCUT2D eigenvalue weighted by Gasteiger charge is -2.17. The molecule has 0 saturated heterocycles. The van der Waals surface area contributed by atoms with Crippen molar-refractivity contribution in [2.24, 2.45) is 0 Å². The van der Waals surface area contributed by atoms with Gasteiger partial charge in [-0.2, -0.15) is 0 Å². The fourth-order valence-corrected chi connectivity index (χ4v) is 3.27. The van der Waals surface area contributed by atoms with E-state index in [0.717, 1.165) is 0 Å². The molecule has 118 valence electrons. The maximum atomic E-state index is 12.3. The summed E-state index contributed by atoms with van der Waals surface area (Å²) < 4.78 is 28.1. The van der Waals surface area contributed by atoms with Crippen molar-refractivity contribution < 1.29 is 17.9 Å². The number of rotatable bonds is 6. The number of carbonyl (C=O) groups excluding carboxylic acids is 1. The van der Waals surface area contributed by atoms with E-state index in [0.29, 0.717) is 29.7 Å². The van der Waals surface area contributed by atoms with E-state index < -0.39 is 9.05 Å². The summed E-state index contributed by atoms with van der Waals surface area (Å²) in [7, 11) is 3.07. The molecule has 0 fully saturated rings. The fraction of sp³-hybridized carbons (Fsp3) is 0.500. The third-order valence-electron chi connectivity index (χ3n) is 3.23. The second-order valence-electron chi connectivity index (χ2n) is 4.90. The zero-order chi connectivity index (χ0) is 16.2. The number of methoxy groups -OCH3 is 1. The van der Waals surface area contributed by atoms with Gasteiger partial charge >= 0.3 is 0 Å². The van der Waals surface area contributed by atoms with Crippen LogP contribution >= 0.6 is 10.7 Å². The molecule has 0 radical (unpaired) electrons. The smallest absolute Gasteiger partial charge is 0.261 e. The maximum absolute atomic E-state index is 12.3. The lowest BCUT2D eigenvalue weighted by atomic mass is 10.0. The highest BCUT2D eigenvalue weighted by molar-refractivity contribution is 8.13. The first kappa shape index (κ1) is 17.9. The average molecular weight is 334 g/mol. The van der Waals surface area contributed by atoms with Crippen LogP contribution in [0, 0.1) is 13.8 Å². The molecule has 5 nitrogen and oxygen atoms in total. The van der Waals surface area contributed by atoms with Gasteiger partial charge in [-0.05, 0) is 37.5 Å². The van der Waals surface area contributed by atoms with E-state index in [2.05, 4.69) is 5.32 Å². The quantitative estimate of drug-likeness (QED) is 0.811. The molecule has 0 aliphatic heterocycles. The molecule has 0 bridgehead atoms. The standard InChI is InChI=1S/C14H20ClNO4S/c1-5-11(8-20-4)16-14(17)12-7-13(21(15,18)19)10(3)6-9(12)2/h6-7,11H,5,8H2,1-4H3,(H,16,17). The summed E-state index contributed by atoms with van der Waals surface area (Å²) in [5.41, 5.74) is 1.51. The number of ether oxygens (including phenoxy) is 1. The molecule has 1 unspecified atom stereocenters. The molecule has 1 amide bonds. The molecule has 1 aromatic rings. The zero-order valence-electron chi connectivity index (χ0n) is 12.6. The van der Waals surface area contributed by atoms with E-state index >= 15 is 0 Å². The molecule has 0 aliphatic carbocycles. The first-order valence-corrected chi connectivity index (χ1v) is 8.87. The summed E-state index contributed by atoms with van der Waals surface area (Å²) in [6, 6.07) is 2.84. The molecule has 7 heteroatoms. The largest absolute Gasteiger partial charge is 0.383 e. The second-order valence-corrected chi connectivity index (χ2v) is 7.44. The molecule has 0 aliphatic rings. The Labute approximate surface area is 130 Å². The molecule has 1 atom stereocenters. The van der Waals surface area contributed by atoms with Crippen molar-refractivity contribution in [2.75, 3.05) is 13.7 Å². The summed E-state index contributed by atoms with van der Waals surface area (Å²) in [6.07, 6.45) is 0.713. The van der Waals surface area contributed by atoms with Crippen molar-refractivity contribution in [2.45, 2.75) is 38.1 Å². The molecule has 21 heavy (non-hydrogen) atoms. The van der Waals surface area contributed by atoms with E-state index in [-0.39, 0.29) is 16.8 Å². The van der Waals surface area contributed by atoms with Crippen LogP contribution in [0.2, 0.25) is 0 Å². The molecule has 1 aromatic carbocycles. The lowest BCUT2D eigenvalue weighted by molar-refractivity contribution is 0.0894. The van der Waals surface area contributed by atoms with E-state index in [9.17, 15) is 13.2 Å². The van der Waals surface area contributed by atoms with Gasteiger partial charge in [0.05, 0.1) is 17.5 Å². The highest BCUT2D eigenvalue weighted by Crippen LogP contribution is 2.23. The summed E-state index contributed by atoms with van der Waals surface area (Å²) >= 11 is 0. The number of hydrogen-bond donors (Lipinski definition) is 1. The van der Waals surface area contributed by atoms with Gasteiger partial charge in [0.1, 0.15) is 0 Å². The Balaban J connectivity index is 3.15. The number of nitrogens with one attached hydrogen (secondary N) is 1. The molecule has 1 N–H and O–H groups in total. The van der Waals surface area contributed by atoms with Gasteiger partial charge in [0, 0.05) is 23.4 Å². The first-order valence-electron chi connectivity index (χ1n) is 6.56. The highest BCUT2D eigenvalue weighted by atomic mass is 35.7. The van der Waals surface area contributed by atoms with Crippen LogP contribution in [0.1, 0.15) is 34.8 Å². The van der Waals surface area contributed by atoms with E-state index in [1.54, 1.807) is 27.0 Å². The van der Waals surface area contributed by atoms with Crippen molar-refractivity contribution in [1.29, 1.82) is 0 Å². The number of benzene rings is 1. The van der Waals surface area contributed by atoms with E-state index in [4.69, 9.17) is 15.4 Å². The Morgan fingerprint density at radius 2 is 1.95 bits per heavy atom. The minimum Gasteiger partial charge on any atom is -0.383 e. The molecule has 0 spiro atoms. The van der Waals surface area contributed by atoms with Crippen molar-refractivity contribution in [3.05, 3.63) is 28.8 Å². The topological polar surface area (TPSA) is 72.5 Å². The van der Waals surface area contributed by atoms with Crippen LogP contribution in [0.15, 0.2) is 17.0 Å². The van der Waals surface area contributed by atoms with Crippen LogP contribution in [0.4, 0.5) is 0 Å². The number of carbonyl (C=O) groups is 1. The monoisotopic (exact) mass is 333 g/mol. The van der Waals surface area contributed by atoms with Gasteiger partial charge in [0.25, 0.3) is 15.0 Å². The minimum atomic E-state index is -3.88. The molecule has 0 saturated carbocycles. The second kappa shape index (κ2) is 7.24. The fourth-order valence-electron chi connectivity index (χ4n) is 2.07. The molecule has 1 rings (SSSR count). The van der Waals surface area contributed by atoms with Crippen molar-refractivity contribution >= 4 is 25.6 Å². The van der Waals surface area contributed by atoms with Gasteiger partial charge in [-0.25, -0.2) is 8.42 Å². The van der Waals surface area contributed by atoms with Gasteiger partial charge in [0.15, 0.2) is 0 Å². The highest BCUT2D eigenvalue weighted by Gasteiger charge is 2.20. The number of aryl methyl sites for hydroxylation is 2. The zero-order valence-corrected chi connectivity index (χ0v) is 14.1. The number of hydrogen-bond acceptors (Lipinski definition) is 4. The SMILES string of the molecule is CCC(COC)NC(=O)c1cc(S(=O)(=O)Cl)c(C)cc1C. The average Bonchev–Trinajstić information content (AvgIpc) is 2.36. The van der Waals surface area contributed by atoms with Crippen LogP contribution in [0.5, 0.6) is 0 Å². The molecule has 0 heterocycles. The first-order chi connectivity index (χ1) is 9.70. The summed E-state index contributed by atoms with van der Waals surface area (Å²) in [5, 5.41) is 2.82. The number of amides is 1. The normalized spacial score (nSPS) is 13.0. The van der Waals surface area contributed by atoms with Crippen LogP contribution in [-0.4, -0.2) is 34.1 Å². The predicted octanol–water partition coefficient (Wildman–Crippen LogP) is 2.39. The van der Waals surface area contributed by atoms with Crippen LogP contribution in [-0.2, 0) is 13.8 Å². The third-order valence-corrected chi connectivity index (χ3v) is 4.69. The Kier molecular flexibility index (Phi) is 6.19. The summed E-state index contributed by atoms with van der Waals surface area (Å²) in [4.78, 5) is 12.3. The van der Waals surface area contributed by atoms with Crippen molar-refractivity contribution in [3.8, 4) is 0 Å². The summed E-state index contributed by atoms with van der Waals surface area (Å²) in [6.45, 7) is 5.72. The molecular formula is C14H20ClNO4S. The molecular weight excluding hydrogens is 314 g/mol. The van der Waals surface area contributed by atoms with E-state index in [1.165, 1.54) is 6.07 Å². The third kappa shape index (κ3) is 4.69. The van der Waals surface area contributed by atoms with Gasteiger partial charge in [-0.15, -0.1) is 0 Å². The Hall–Kier alpha value is -1.11. The van der Waals surface area contributed by atoms with Crippen LogP contribution in [0.25, 0.3) is 0 Å². The van der Waals surface area contributed by atoms with Gasteiger partial charge in [-0.1, -0.05) is 13.0 Å². The van der Waals surface area contributed by atoms with Crippen LogP contribution in [0.3, 0.4) is 0 Å². The Morgan fingerprint density at radius 3 is 2.43 bits per heavy atom. The summed E-state index contributed by atoms with van der Waals surface area (Å²) in [5.74, 6) is -0.335.